The van der Waals surface area contributed by atoms with Gasteiger partial charge in [0.15, 0.2) is 16.7 Å². The van der Waals surface area contributed by atoms with E-state index in [0.29, 0.717) is 43.8 Å². The Morgan fingerprint density at radius 3 is 2.67 bits per heavy atom. The van der Waals surface area contributed by atoms with Gasteiger partial charge in [0, 0.05) is 11.8 Å². The molecular weight excluding hydrogens is 465 g/mol. The summed E-state index contributed by atoms with van der Waals surface area (Å²) in [6.45, 7) is 1.72. The van der Waals surface area contributed by atoms with Crippen LogP contribution in [0.1, 0.15) is 5.56 Å². The fourth-order valence-electron chi connectivity index (χ4n) is 3.31. The minimum absolute atomic E-state index is 0.0106. The zero-order chi connectivity index (χ0) is 23.5. The second-order valence-electron chi connectivity index (χ2n) is 7.01. The third-order valence-corrected chi connectivity index (χ3v) is 6.68. The van der Waals surface area contributed by atoms with Crippen LogP contribution in [0, 0.1) is 12.7 Å². The molecule has 0 unspecified atom stereocenters. The van der Waals surface area contributed by atoms with Crippen molar-refractivity contribution in [1.82, 2.24) is 9.55 Å². The monoisotopic (exact) mass is 485 g/mol. The third kappa shape index (κ3) is 4.71. The van der Waals surface area contributed by atoms with Crippen LogP contribution in [0.3, 0.4) is 0 Å². The van der Waals surface area contributed by atoms with E-state index in [9.17, 15) is 14.0 Å². The molecule has 1 N–H and O–H groups in total. The summed E-state index contributed by atoms with van der Waals surface area (Å²) in [7, 11) is 3.05. The number of halogens is 1. The van der Waals surface area contributed by atoms with Gasteiger partial charge in [-0.25, -0.2) is 9.37 Å². The first-order chi connectivity index (χ1) is 15.9. The molecule has 0 fully saturated rings. The van der Waals surface area contributed by atoms with Gasteiger partial charge < -0.3 is 14.8 Å². The van der Waals surface area contributed by atoms with Gasteiger partial charge in [0.05, 0.1) is 31.2 Å². The van der Waals surface area contributed by atoms with Gasteiger partial charge in [0.2, 0.25) is 5.91 Å². The molecule has 1 amide bonds. The number of carbonyl (C=O) groups is 1. The number of nitrogens with zero attached hydrogens (tertiary/aromatic N) is 2. The lowest BCUT2D eigenvalue weighted by atomic mass is 10.2. The molecule has 7 nitrogen and oxygen atoms in total. The minimum atomic E-state index is -0.391. The molecule has 33 heavy (non-hydrogen) atoms. The van der Waals surface area contributed by atoms with Crippen LogP contribution in [0.15, 0.2) is 57.8 Å². The first kappa shape index (κ1) is 22.8. The maximum atomic E-state index is 13.7. The molecule has 0 atom stereocenters. The number of ether oxygens (including phenoxy) is 2. The number of carbonyl (C=O) groups excluding carboxylic acids is 1. The number of nitrogens with one attached hydrogen (secondary N) is 1. The average Bonchev–Trinajstić information content (AvgIpc) is 3.27. The lowest BCUT2D eigenvalue weighted by Gasteiger charge is -2.14. The van der Waals surface area contributed by atoms with Crippen LogP contribution in [0.25, 0.3) is 15.9 Å². The number of thiophene rings is 1. The Bertz CT molecular complexity index is 1400. The second kappa shape index (κ2) is 9.63. The Morgan fingerprint density at radius 2 is 1.94 bits per heavy atom. The average molecular weight is 486 g/mol. The van der Waals surface area contributed by atoms with Crippen LogP contribution < -0.4 is 20.3 Å². The molecule has 10 heteroatoms. The highest BCUT2D eigenvalue weighted by Gasteiger charge is 2.17. The summed E-state index contributed by atoms with van der Waals surface area (Å²) in [5.41, 5.74) is 1.96. The quantitative estimate of drug-likeness (QED) is 0.303. The third-order valence-electron chi connectivity index (χ3n) is 4.85. The number of aryl methyl sites for hydroxylation is 1. The predicted octanol–water partition coefficient (Wildman–Crippen LogP) is 4.64. The molecule has 0 aliphatic carbocycles. The van der Waals surface area contributed by atoms with Crippen LogP contribution in [-0.2, 0) is 4.79 Å². The molecular formula is C23H20FN3O4S2. The molecule has 4 aromatic rings. The van der Waals surface area contributed by atoms with Gasteiger partial charge in [-0.1, -0.05) is 11.8 Å². The topological polar surface area (TPSA) is 82.5 Å². The van der Waals surface area contributed by atoms with Crippen molar-refractivity contribution in [2.45, 2.75) is 12.1 Å². The van der Waals surface area contributed by atoms with Crippen molar-refractivity contribution >= 4 is 44.9 Å². The van der Waals surface area contributed by atoms with E-state index in [1.807, 2.05) is 0 Å². The predicted molar refractivity (Wildman–Crippen MR) is 129 cm³/mol. The Morgan fingerprint density at radius 1 is 1.15 bits per heavy atom. The van der Waals surface area contributed by atoms with Gasteiger partial charge in [0.25, 0.3) is 5.56 Å². The number of rotatable bonds is 7. The molecule has 0 aliphatic heterocycles. The van der Waals surface area contributed by atoms with Gasteiger partial charge in [0.1, 0.15) is 10.5 Å². The van der Waals surface area contributed by atoms with Crippen molar-refractivity contribution in [3.63, 3.8) is 0 Å². The molecule has 170 valence electrons. The summed E-state index contributed by atoms with van der Waals surface area (Å²) < 4.78 is 26.1. The number of fused-ring (bicyclic) bond motifs is 1. The van der Waals surface area contributed by atoms with E-state index in [1.54, 1.807) is 42.6 Å². The van der Waals surface area contributed by atoms with Crippen molar-refractivity contribution < 1.29 is 18.7 Å². The minimum Gasteiger partial charge on any atom is -0.493 e. The fourth-order valence-corrected chi connectivity index (χ4v) is 4.88. The van der Waals surface area contributed by atoms with E-state index >= 15 is 0 Å². The molecule has 2 heterocycles. The first-order valence-electron chi connectivity index (χ1n) is 9.82. The highest BCUT2D eigenvalue weighted by atomic mass is 32.2. The van der Waals surface area contributed by atoms with Crippen LogP contribution >= 0.6 is 23.1 Å². The number of benzene rings is 2. The second-order valence-corrected chi connectivity index (χ2v) is 8.87. The maximum Gasteiger partial charge on any atom is 0.276 e. The summed E-state index contributed by atoms with van der Waals surface area (Å²) in [6, 6.07) is 11.0. The number of aromatic nitrogens is 2. The van der Waals surface area contributed by atoms with Gasteiger partial charge in [-0.05, 0) is 54.3 Å². The molecule has 0 saturated heterocycles. The molecule has 4 rings (SSSR count). The molecule has 0 radical (unpaired) electrons. The molecule has 0 bridgehead atoms. The Hall–Kier alpha value is -3.37. The van der Waals surface area contributed by atoms with E-state index in [1.165, 1.54) is 42.3 Å². The fraction of sp³-hybridized carbons (Fsp3) is 0.174. The summed E-state index contributed by atoms with van der Waals surface area (Å²) in [5.74, 6) is 0.383. The van der Waals surface area contributed by atoms with Gasteiger partial charge >= 0.3 is 0 Å². The summed E-state index contributed by atoms with van der Waals surface area (Å²) >= 11 is 2.42. The van der Waals surface area contributed by atoms with Crippen LogP contribution in [0.2, 0.25) is 0 Å². The highest BCUT2D eigenvalue weighted by molar-refractivity contribution is 7.99. The van der Waals surface area contributed by atoms with E-state index < -0.39 is 5.82 Å². The first-order valence-corrected chi connectivity index (χ1v) is 11.7. The van der Waals surface area contributed by atoms with E-state index in [4.69, 9.17) is 9.47 Å². The zero-order valence-electron chi connectivity index (χ0n) is 18.0. The standard InChI is InChI=1S/C23H20FN3O4S2/c1-13-10-14(24)4-6-17(13)27-22(29)21-16(8-9-32-21)26-23(27)33-12-20(28)25-15-5-7-18(30-2)19(11-15)31-3/h4-11H,12H2,1-3H3,(H,25,28). The van der Waals surface area contributed by atoms with Gasteiger partial charge in [-0.15, -0.1) is 11.3 Å². The highest BCUT2D eigenvalue weighted by Crippen LogP contribution is 2.30. The molecule has 2 aromatic heterocycles. The van der Waals surface area contributed by atoms with Gasteiger partial charge in [-0.3, -0.25) is 14.2 Å². The summed E-state index contributed by atoms with van der Waals surface area (Å²) in [4.78, 5) is 30.4. The Kier molecular flexibility index (Phi) is 6.66. The number of methoxy groups -OCH3 is 2. The van der Waals surface area contributed by atoms with Crippen molar-refractivity contribution in [3.05, 3.63) is 69.6 Å². The van der Waals surface area contributed by atoms with Crippen LogP contribution in [0.5, 0.6) is 11.5 Å². The molecule has 0 aliphatic rings. The van der Waals surface area contributed by atoms with Crippen molar-refractivity contribution in [2.24, 2.45) is 0 Å². The summed E-state index contributed by atoms with van der Waals surface area (Å²) in [5, 5.41) is 4.95. The molecule has 2 aromatic carbocycles. The van der Waals surface area contributed by atoms with Crippen LogP contribution in [-0.4, -0.2) is 35.4 Å². The Labute approximate surface area is 197 Å². The van der Waals surface area contributed by atoms with Crippen molar-refractivity contribution in [3.8, 4) is 17.2 Å². The SMILES string of the molecule is COc1ccc(NC(=O)CSc2nc3ccsc3c(=O)n2-c2ccc(F)cc2C)cc1OC. The Balaban J connectivity index is 1.62. The number of hydrogen-bond acceptors (Lipinski definition) is 7. The lowest BCUT2D eigenvalue weighted by molar-refractivity contribution is -0.113. The van der Waals surface area contributed by atoms with Gasteiger partial charge in [-0.2, -0.15) is 0 Å². The molecule has 0 spiro atoms. The lowest BCUT2D eigenvalue weighted by Crippen LogP contribution is -2.23. The van der Waals surface area contributed by atoms with E-state index in [-0.39, 0.29) is 17.2 Å². The van der Waals surface area contributed by atoms with Crippen molar-refractivity contribution in [2.75, 3.05) is 25.3 Å². The molecule has 0 saturated carbocycles. The number of anilines is 1. The zero-order valence-corrected chi connectivity index (χ0v) is 19.7. The number of thioether (sulfide) groups is 1. The summed E-state index contributed by atoms with van der Waals surface area (Å²) in [6.07, 6.45) is 0. The van der Waals surface area contributed by atoms with E-state index in [2.05, 4.69) is 10.3 Å². The van der Waals surface area contributed by atoms with Crippen molar-refractivity contribution in [1.29, 1.82) is 0 Å². The number of hydrogen-bond donors (Lipinski definition) is 1. The smallest absolute Gasteiger partial charge is 0.276 e. The van der Waals surface area contributed by atoms with E-state index in [0.717, 1.165) is 11.8 Å². The number of amides is 1. The maximum absolute atomic E-state index is 13.7. The normalized spacial score (nSPS) is 10.9. The largest absolute Gasteiger partial charge is 0.493 e. The van der Waals surface area contributed by atoms with Crippen LogP contribution in [0.4, 0.5) is 10.1 Å².